The van der Waals surface area contributed by atoms with E-state index in [9.17, 15) is 4.79 Å². The van der Waals surface area contributed by atoms with Gasteiger partial charge in [0.15, 0.2) is 0 Å². The van der Waals surface area contributed by atoms with Gasteiger partial charge < -0.3 is 14.5 Å². The first-order valence-corrected chi connectivity index (χ1v) is 12.6. The number of piperazine rings is 1. The van der Waals surface area contributed by atoms with Crippen LogP contribution in [0.2, 0.25) is 0 Å². The minimum atomic E-state index is 0.298. The van der Waals surface area contributed by atoms with Crippen LogP contribution in [0.1, 0.15) is 31.2 Å². The van der Waals surface area contributed by atoms with Crippen molar-refractivity contribution < 1.29 is 9.53 Å². The number of rotatable bonds is 10. The number of ether oxygens (including phenoxy) is 1. The number of aromatic nitrogens is 1. The number of piperidine rings is 1. The third kappa shape index (κ3) is 7.54. The predicted molar refractivity (Wildman–Crippen MR) is 132 cm³/mol. The SMILES string of the molecule is O=C(CCCOCCc1ccccc1)N1CCCC(CN2CCN(c3ccccn3)CC2)C1. The largest absolute Gasteiger partial charge is 0.381 e. The van der Waals surface area contributed by atoms with E-state index < -0.39 is 0 Å². The van der Waals surface area contributed by atoms with E-state index in [1.807, 2.05) is 18.3 Å². The van der Waals surface area contributed by atoms with Crippen molar-refractivity contribution in [2.45, 2.75) is 32.1 Å². The molecule has 1 amide bonds. The standard InChI is InChI=1S/C27H38N4O2/c32-27(12-7-20-33-21-13-24-8-2-1-3-9-24)31-15-6-10-25(23-31)22-29-16-18-30(19-17-29)26-11-4-5-14-28-26/h1-5,8-9,11,14,25H,6-7,10,12-13,15-23H2. The molecule has 6 nitrogen and oxygen atoms in total. The van der Waals surface area contributed by atoms with Gasteiger partial charge in [-0.05, 0) is 49.3 Å². The highest BCUT2D eigenvalue weighted by Crippen LogP contribution is 2.20. The van der Waals surface area contributed by atoms with Gasteiger partial charge in [-0.25, -0.2) is 4.98 Å². The zero-order chi connectivity index (χ0) is 22.7. The first kappa shape index (κ1) is 23.7. The number of nitrogens with zero attached hydrogens (tertiary/aromatic N) is 4. The molecule has 6 heteroatoms. The van der Waals surface area contributed by atoms with Crippen molar-refractivity contribution in [2.75, 3.05) is 63.9 Å². The van der Waals surface area contributed by atoms with Crippen molar-refractivity contribution in [1.82, 2.24) is 14.8 Å². The number of benzene rings is 1. The van der Waals surface area contributed by atoms with Crippen LogP contribution in [0.3, 0.4) is 0 Å². The maximum atomic E-state index is 12.7. The Morgan fingerprint density at radius 1 is 0.970 bits per heavy atom. The monoisotopic (exact) mass is 450 g/mol. The van der Waals surface area contributed by atoms with E-state index in [-0.39, 0.29) is 0 Å². The quantitative estimate of drug-likeness (QED) is 0.519. The fraction of sp³-hybridized carbons (Fsp3) is 0.556. The molecule has 2 aliphatic rings. The summed E-state index contributed by atoms with van der Waals surface area (Å²) in [6, 6.07) is 16.5. The van der Waals surface area contributed by atoms with Crippen LogP contribution in [-0.4, -0.2) is 79.7 Å². The fourth-order valence-corrected chi connectivity index (χ4v) is 4.93. The molecule has 33 heavy (non-hydrogen) atoms. The Morgan fingerprint density at radius 3 is 2.58 bits per heavy atom. The maximum absolute atomic E-state index is 12.7. The first-order chi connectivity index (χ1) is 16.3. The van der Waals surface area contributed by atoms with Gasteiger partial charge in [0.05, 0.1) is 6.61 Å². The molecule has 1 aromatic heterocycles. The lowest BCUT2D eigenvalue weighted by atomic mass is 9.96. The third-order valence-corrected chi connectivity index (χ3v) is 6.79. The number of hydrogen-bond acceptors (Lipinski definition) is 5. The Morgan fingerprint density at radius 2 is 1.79 bits per heavy atom. The Balaban J connectivity index is 1.10. The number of carbonyl (C=O) groups is 1. The zero-order valence-corrected chi connectivity index (χ0v) is 19.8. The normalized spacial score (nSPS) is 19.6. The van der Waals surface area contributed by atoms with Crippen LogP contribution >= 0.6 is 0 Å². The molecule has 2 aliphatic heterocycles. The molecular weight excluding hydrogens is 412 g/mol. The summed E-state index contributed by atoms with van der Waals surface area (Å²) in [6.45, 7) is 8.50. The van der Waals surface area contributed by atoms with Crippen molar-refractivity contribution in [3.05, 3.63) is 60.3 Å². The van der Waals surface area contributed by atoms with E-state index >= 15 is 0 Å². The van der Waals surface area contributed by atoms with E-state index in [0.29, 0.717) is 24.9 Å². The summed E-state index contributed by atoms with van der Waals surface area (Å²) >= 11 is 0. The van der Waals surface area contributed by atoms with Crippen LogP contribution < -0.4 is 4.90 Å². The van der Waals surface area contributed by atoms with Crippen LogP contribution in [0.15, 0.2) is 54.7 Å². The molecule has 2 fully saturated rings. The van der Waals surface area contributed by atoms with Crippen molar-refractivity contribution in [2.24, 2.45) is 5.92 Å². The van der Waals surface area contributed by atoms with Crippen LogP contribution in [0, 0.1) is 5.92 Å². The lowest BCUT2D eigenvalue weighted by molar-refractivity contribution is -0.133. The highest BCUT2D eigenvalue weighted by atomic mass is 16.5. The Bertz CT molecular complexity index is 825. The van der Waals surface area contributed by atoms with Crippen molar-refractivity contribution >= 4 is 11.7 Å². The topological polar surface area (TPSA) is 48.9 Å². The van der Waals surface area contributed by atoms with E-state index in [4.69, 9.17) is 4.74 Å². The van der Waals surface area contributed by atoms with E-state index in [0.717, 1.165) is 77.5 Å². The first-order valence-electron chi connectivity index (χ1n) is 12.6. The second-order valence-electron chi connectivity index (χ2n) is 9.28. The minimum Gasteiger partial charge on any atom is -0.381 e. The molecule has 0 saturated carbocycles. The zero-order valence-electron chi connectivity index (χ0n) is 19.8. The molecule has 1 aromatic carbocycles. The summed E-state index contributed by atoms with van der Waals surface area (Å²) in [6.07, 6.45) is 6.56. The molecule has 2 aromatic rings. The third-order valence-electron chi connectivity index (χ3n) is 6.79. The summed E-state index contributed by atoms with van der Waals surface area (Å²) in [5, 5.41) is 0. The Labute approximate surface area is 198 Å². The van der Waals surface area contributed by atoms with Gasteiger partial charge in [-0.15, -0.1) is 0 Å². The van der Waals surface area contributed by atoms with Gasteiger partial charge >= 0.3 is 0 Å². The molecule has 4 rings (SSSR count). The summed E-state index contributed by atoms with van der Waals surface area (Å²) in [4.78, 5) is 24.3. The summed E-state index contributed by atoms with van der Waals surface area (Å²) in [5.74, 6) is 1.97. The molecule has 0 radical (unpaired) electrons. The highest BCUT2D eigenvalue weighted by Gasteiger charge is 2.26. The molecular formula is C27H38N4O2. The van der Waals surface area contributed by atoms with Gasteiger partial charge in [-0.1, -0.05) is 36.4 Å². The fourth-order valence-electron chi connectivity index (χ4n) is 4.93. The molecule has 0 spiro atoms. The molecule has 0 aliphatic carbocycles. The molecule has 0 N–H and O–H groups in total. The van der Waals surface area contributed by atoms with E-state index in [1.165, 1.54) is 12.0 Å². The lowest BCUT2D eigenvalue weighted by Gasteiger charge is -2.39. The molecule has 2 saturated heterocycles. The number of pyridine rings is 1. The van der Waals surface area contributed by atoms with Gasteiger partial charge in [0.2, 0.25) is 5.91 Å². The number of amides is 1. The smallest absolute Gasteiger partial charge is 0.222 e. The van der Waals surface area contributed by atoms with E-state index in [1.54, 1.807) is 0 Å². The molecule has 1 unspecified atom stereocenters. The maximum Gasteiger partial charge on any atom is 0.222 e. The molecule has 0 bridgehead atoms. The Kier molecular flexibility index (Phi) is 9.13. The van der Waals surface area contributed by atoms with E-state index in [2.05, 4.69) is 56.1 Å². The van der Waals surface area contributed by atoms with Crippen molar-refractivity contribution in [1.29, 1.82) is 0 Å². The molecule has 178 valence electrons. The summed E-state index contributed by atoms with van der Waals surface area (Å²) in [7, 11) is 0. The van der Waals surface area contributed by atoms with Gasteiger partial charge in [0.25, 0.3) is 0 Å². The number of carbonyl (C=O) groups excluding carboxylic acids is 1. The van der Waals surface area contributed by atoms with Crippen molar-refractivity contribution in [3.63, 3.8) is 0 Å². The second-order valence-corrected chi connectivity index (χ2v) is 9.28. The van der Waals surface area contributed by atoms with Crippen LogP contribution in [0.4, 0.5) is 5.82 Å². The van der Waals surface area contributed by atoms with Gasteiger partial charge in [0.1, 0.15) is 5.82 Å². The van der Waals surface area contributed by atoms with Crippen LogP contribution in [-0.2, 0) is 16.0 Å². The summed E-state index contributed by atoms with van der Waals surface area (Å²) in [5.41, 5.74) is 1.30. The Hall–Kier alpha value is -2.44. The molecule has 3 heterocycles. The van der Waals surface area contributed by atoms with Crippen molar-refractivity contribution in [3.8, 4) is 0 Å². The second kappa shape index (κ2) is 12.7. The van der Waals surface area contributed by atoms with Gasteiger partial charge in [-0.3, -0.25) is 9.69 Å². The highest BCUT2D eigenvalue weighted by molar-refractivity contribution is 5.76. The predicted octanol–water partition coefficient (Wildman–Crippen LogP) is 3.48. The number of likely N-dealkylation sites (tertiary alicyclic amines) is 1. The van der Waals surface area contributed by atoms with Gasteiger partial charge in [0, 0.05) is 65.0 Å². The lowest BCUT2D eigenvalue weighted by Crippen LogP contribution is -2.50. The van der Waals surface area contributed by atoms with Crippen LogP contribution in [0.5, 0.6) is 0 Å². The molecule has 1 atom stereocenters. The summed E-state index contributed by atoms with van der Waals surface area (Å²) < 4.78 is 5.75. The average Bonchev–Trinajstić information content (AvgIpc) is 2.88. The van der Waals surface area contributed by atoms with Crippen LogP contribution in [0.25, 0.3) is 0 Å². The number of hydrogen-bond donors (Lipinski definition) is 0. The average molecular weight is 451 g/mol. The van der Waals surface area contributed by atoms with Gasteiger partial charge in [-0.2, -0.15) is 0 Å². The number of anilines is 1. The minimum absolute atomic E-state index is 0.298.